The van der Waals surface area contributed by atoms with Crippen LogP contribution in [-0.4, -0.2) is 24.9 Å². The van der Waals surface area contributed by atoms with Crippen LogP contribution in [-0.2, 0) is 18.4 Å². The first kappa shape index (κ1) is 20.7. The van der Waals surface area contributed by atoms with E-state index in [4.69, 9.17) is 0 Å². The summed E-state index contributed by atoms with van der Waals surface area (Å²) in [5, 5.41) is 9.99. The Bertz CT molecular complexity index is 1380. The number of aromatic nitrogens is 4. The number of fused-ring (bicyclic) bond motifs is 6. The molecule has 0 aliphatic heterocycles. The van der Waals surface area contributed by atoms with Gasteiger partial charge in [-0.1, -0.05) is 92.5 Å². The molecule has 33 heavy (non-hydrogen) atoms. The molecule has 4 aromatic rings. The highest BCUT2D eigenvalue weighted by Gasteiger charge is 2.44. The molecule has 5 nitrogen and oxygen atoms in total. The maximum atomic E-state index is 14.4. The Hall–Kier alpha value is -2.86. The van der Waals surface area contributed by atoms with Gasteiger partial charge < -0.3 is 0 Å². The molecule has 2 aliphatic rings. The summed E-state index contributed by atoms with van der Waals surface area (Å²) >= 11 is 1.69. The first-order valence-corrected chi connectivity index (χ1v) is 13.0. The molecule has 0 amide bonds. The van der Waals surface area contributed by atoms with Gasteiger partial charge in [-0.25, -0.2) is 0 Å². The van der Waals surface area contributed by atoms with Crippen molar-refractivity contribution in [3.8, 4) is 11.3 Å². The largest absolute Gasteiger partial charge is 0.272 e. The van der Waals surface area contributed by atoms with Gasteiger partial charge in [-0.15, -0.1) is 10.2 Å². The van der Waals surface area contributed by atoms with Crippen LogP contribution < -0.4 is 5.56 Å². The maximum absolute atomic E-state index is 14.4. The Labute approximate surface area is 197 Å². The second-order valence-electron chi connectivity index (χ2n) is 9.33. The lowest BCUT2D eigenvalue weighted by molar-refractivity contribution is 0.283. The molecule has 6 rings (SSSR count). The fourth-order valence-electron chi connectivity index (χ4n) is 5.95. The van der Waals surface area contributed by atoms with Crippen LogP contribution >= 0.6 is 11.8 Å². The third-order valence-electron chi connectivity index (χ3n) is 7.38. The standard InChI is InChI=1S/C27H28N4OS/c1-2-33-26-29-28-25-30(18-19-11-5-3-6-12-19)24(32)22-23(31(25)26)21-14-8-7-13-20(21)17-27(22)15-9-4-10-16-27/h3,5-8,11-14H,2,4,9-10,15-18H2,1H3. The van der Waals surface area contributed by atoms with E-state index in [1.54, 1.807) is 11.8 Å². The van der Waals surface area contributed by atoms with E-state index in [0.29, 0.717) is 12.3 Å². The van der Waals surface area contributed by atoms with Crippen LogP contribution in [0, 0.1) is 0 Å². The molecule has 0 unspecified atom stereocenters. The van der Waals surface area contributed by atoms with E-state index >= 15 is 0 Å². The van der Waals surface area contributed by atoms with Gasteiger partial charge in [0, 0.05) is 16.5 Å². The van der Waals surface area contributed by atoms with Gasteiger partial charge in [-0.3, -0.25) is 13.8 Å². The predicted octanol–water partition coefficient (Wildman–Crippen LogP) is 5.48. The zero-order valence-electron chi connectivity index (χ0n) is 19.0. The molecule has 0 atom stereocenters. The average molecular weight is 457 g/mol. The van der Waals surface area contributed by atoms with Gasteiger partial charge in [0.2, 0.25) is 5.78 Å². The topological polar surface area (TPSA) is 52.2 Å². The van der Waals surface area contributed by atoms with Crippen molar-refractivity contribution in [2.24, 2.45) is 0 Å². The summed E-state index contributed by atoms with van der Waals surface area (Å²) in [6, 6.07) is 18.8. The second-order valence-corrected chi connectivity index (χ2v) is 10.6. The van der Waals surface area contributed by atoms with Crippen LogP contribution in [0.25, 0.3) is 17.0 Å². The van der Waals surface area contributed by atoms with Crippen LogP contribution in [0.4, 0.5) is 0 Å². The van der Waals surface area contributed by atoms with E-state index < -0.39 is 0 Å². The van der Waals surface area contributed by atoms with Crippen molar-refractivity contribution in [1.29, 1.82) is 0 Å². The van der Waals surface area contributed by atoms with E-state index in [0.717, 1.165) is 52.6 Å². The normalized spacial score (nSPS) is 16.6. The molecule has 2 heterocycles. The van der Waals surface area contributed by atoms with Gasteiger partial charge in [0.15, 0.2) is 5.16 Å². The van der Waals surface area contributed by atoms with Crippen LogP contribution in [0.5, 0.6) is 0 Å². The average Bonchev–Trinajstić information content (AvgIpc) is 3.26. The summed E-state index contributed by atoms with van der Waals surface area (Å²) in [4.78, 5) is 14.4. The summed E-state index contributed by atoms with van der Waals surface area (Å²) in [6.07, 6.45) is 6.69. The molecule has 2 aromatic heterocycles. The Balaban J connectivity index is 1.72. The third-order valence-corrected chi connectivity index (χ3v) is 8.19. The molecule has 1 saturated carbocycles. The highest BCUT2D eigenvalue weighted by molar-refractivity contribution is 7.99. The minimum Gasteiger partial charge on any atom is -0.272 e. The molecule has 2 aliphatic carbocycles. The smallest absolute Gasteiger partial charge is 0.259 e. The number of thioether (sulfide) groups is 1. The quantitative estimate of drug-likeness (QED) is 0.382. The van der Waals surface area contributed by atoms with E-state index in [1.807, 2.05) is 22.8 Å². The van der Waals surface area contributed by atoms with Crippen LogP contribution in [0.15, 0.2) is 64.5 Å². The molecule has 1 fully saturated rings. The molecule has 0 bridgehead atoms. The molecular formula is C27H28N4OS. The Morgan fingerprint density at radius 3 is 2.52 bits per heavy atom. The highest BCUT2D eigenvalue weighted by atomic mass is 32.2. The Morgan fingerprint density at radius 1 is 0.970 bits per heavy atom. The molecule has 0 N–H and O–H groups in total. The van der Waals surface area contributed by atoms with E-state index in [1.165, 1.54) is 24.8 Å². The molecule has 0 radical (unpaired) electrons. The molecular weight excluding hydrogens is 428 g/mol. The zero-order valence-corrected chi connectivity index (χ0v) is 19.8. The van der Waals surface area contributed by atoms with Crippen molar-refractivity contribution in [1.82, 2.24) is 19.2 Å². The summed E-state index contributed by atoms with van der Waals surface area (Å²) in [6.45, 7) is 2.64. The van der Waals surface area contributed by atoms with Crippen molar-refractivity contribution < 1.29 is 0 Å². The number of benzene rings is 2. The minimum atomic E-state index is -0.107. The summed E-state index contributed by atoms with van der Waals surface area (Å²) in [5.41, 5.74) is 5.63. The molecule has 2 aromatic carbocycles. The number of hydrogen-bond donors (Lipinski definition) is 0. The maximum Gasteiger partial charge on any atom is 0.259 e. The summed E-state index contributed by atoms with van der Waals surface area (Å²) in [7, 11) is 0. The number of nitrogens with zero attached hydrogens (tertiary/aromatic N) is 4. The molecule has 0 saturated heterocycles. The van der Waals surface area contributed by atoms with Crippen molar-refractivity contribution in [2.75, 3.05) is 5.75 Å². The number of hydrogen-bond acceptors (Lipinski definition) is 4. The summed E-state index contributed by atoms with van der Waals surface area (Å²) in [5.74, 6) is 1.54. The third kappa shape index (κ3) is 3.26. The van der Waals surface area contributed by atoms with Crippen LogP contribution in [0.2, 0.25) is 0 Å². The summed E-state index contributed by atoms with van der Waals surface area (Å²) < 4.78 is 4.05. The Morgan fingerprint density at radius 2 is 1.73 bits per heavy atom. The van der Waals surface area contributed by atoms with Crippen molar-refractivity contribution in [3.63, 3.8) is 0 Å². The van der Waals surface area contributed by atoms with Crippen molar-refractivity contribution in [3.05, 3.63) is 81.6 Å². The Kier molecular flexibility index (Phi) is 5.13. The van der Waals surface area contributed by atoms with Gasteiger partial charge in [0.05, 0.1) is 12.2 Å². The van der Waals surface area contributed by atoms with Crippen molar-refractivity contribution >= 4 is 17.5 Å². The lowest BCUT2D eigenvalue weighted by atomic mass is 9.62. The minimum absolute atomic E-state index is 0.107. The van der Waals surface area contributed by atoms with Gasteiger partial charge in [0.25, 0.3) is 5.56 Å². The number of rotatable bonds is 4. The predicted molar refractivity (Wildman–Crippen MR) is 133 cm³/mol. The van der Waals surface area contributed by atoms with Gasteiger partial charge in [-0.05, 0) is 36.1 Å². The first-order chi connectivity index (χ1) is 16.2. The van der Waals surface area contributed by atoms with Gasteiger partial charge in [-0.2, -0.15) is 0 Å². The molecule has 168 valence electrons. The SMILES string of the molecule is CCSc1nnc2n(Cc3ccccc3)c(=O)c3c(n12)-c1ccccc1CC31CCCCC1. The lowest BCUT2D eigenvalue weighted by Gasteiger charge is -2.42. The van der Waals surface area contributed by atoms with Crippen LogP contribution in [0.3, 0.4) is 0 Å². The first-order valence-electron chi connectivity index (χ1n) is 12.0. The van der Waals surface area contributed by atoms with Gasteiger partial charge >= 0.3 is 0 Å². The van der Waals surface area contributed by atoms with Gasteiger partial charge in [0.1, 0.15) is 0 Å². The van der Waals surface area contributed by atoms with E-state index in [-0.39, 0.29) is 11.0 Å². The highest BCUT2D eigenvalue weighted by Crippen LogP contribution is 2.49. The van der Waals surface area contributed by atoms with E-state index in [2.05, 4.69) is 57.9 Å². The lowest BCUT2D eigenvalue weighted by Crippen LogP contribution is -2.43. The molecule has 1 spiro atoms. The fourth-order valence-corrected chi connectivity index (χ4v) is 6.61. The molecule has 6 heteroatoms. The fraction of sp³-hybridized carbons (Fsp3) is 0.370. The van der Waals surface area contributed by atoms with E-state index in [9.17, 15) is 4.79 Å². The monoisotopic (exact) mass is 456 g/mol. The van der Waals surface area contributed by atoms with Crippen molar-refractivity contribution in [2.45, 2.75) is 62.6 Å². The zero-order chi connectivity index (χ0) is 22.4. The second kappa shape index (κ2) is 8.17. The van der Waals surface area contributed by atoms with Crippen LogP contribution in [0.1, 0.15) is 55.7 Å².